The molecule has 5 nitrogen and oxygen atoms in total. The third kappa shape index (κ3) is 4.55. The van der Waals surface area contributed by atoms with Crippen LogP contribution in [0.4, 0.5) is 4.79 Å². The fourth-order valence-corrected chi connectivity index (χ4v) is 1.76. The Balaban J connectivity index is 2.59. The van der Waals surface area contributed by atoms with E-state index < -0.39 is 5.97 Å². The summed E-state index contributed by atoms with van der Waals surface area (Å²) in [6, 6.07) is -0.254. The molecule has 5 heteroatoms. The molecule has 0 aromatic heterocycles. The fourth-order valence-electron chi connectivity index (χ4n) is 1.76. The Morgan fingerprint density at radius 1 is 1.33 bits per heavy atom. The molecule has 104 valence electrons. The number of carboxylic acids is 1. The molecule has 1 aliphatic carbocycles. The maximum Gasteiger partial charge on any atom is 0.323 e. The minimum atomic E-state index is -0.958. The predicted octanol–water partition coefficient (Wildman–Crippen LogP) is 2.07. The molecule has 0 spiro atoms. The predicted molar refractivity (Wildman–Crippen MR) is 69.5 cm³/mol. The summed E-state index contributed by atoms with van der Waals surface area (Å²) in [5, 5.41) is 11.8. The molecule has 0 radical (unpaired) electrons. The van der Waals surface area contributed by atoms with Gasteiger partial charge in [-0.15, -0.1) is 0 Å². The van der Waals surface area contributed by atoms with Crippen molar-refractivity contribution in [2.75, 3.05) is 13.1 Å². The Morgan fingerprint density at radius 2 is 1.89 bits per heavy atom. The first-order chi connectivity index (χ1) is 8.40. The number of nitrogens with zero attached hydrogens (tertiary/aromatic N) is 1. The molecule has 1 aliphatic rings. The first-order valence-corrected chi connectivity index (χ1v) is 6.69. The molecule has 0 aliphatic heterocycles. The van der Waals surface area contributed by atoms with Gasteiger partial charge in [-0.25, -0.2) is 4.79 Å². The summed E-state index contributed by atoms with van der Waals surface area (Å²) in [7, 11) is 0. The van der Waals surface area contributed by atoms with Gasteiger partial charge in [-0.2, -0.15) is 0 Å². The zero-order valence-corrected chi connectivity index (χ0v) is 11.5. The third-order valence-electron chi connectivity index (χ3n) is 3.76. The van der Waals surface area contributed by atoms with Gasteiger partial charge in [0, 0.05) is 12.1 Å². The van der Waals surface area contributed by atoms with E-state index >= 15 is 0 Å². The van der Waals surface area contributed by atoms with Crippen molar-refractivity contribution in [3.05, 3.63) is 0 Å². The molecular formula is C13H24N2O3. The van der Waals surface area contributed by atoms with E-state index in [1.165, 1.54) is 4.90 Å². The highest BCUT2D eigenvalue weighted by atomic mass is 16.4. The summed E-state index contributed by atoms with van der Waals surface area (Å²) < 4.78 is 0. The van der Waals surface area contributed by atoms with E-state index in [1.807, 2.05) is 20.8 Å². The van der Waals surface area contributed by atoms with Crippen LogP contribution in [-0.4, -0.2) is 40.6 Å². The van der Waals surface area contributed by atoms with E-state index in [9.17, 15) is 9.59 Å². The Hall–Kier alpha value is -1.26. The molecule has 0 unspecified atom stereocenters. The summed E-state index contributed by atoms with van der Waals surface area (Å²) in [4.78, 5) is 24.3. The van der Waals surface area contributed by atoms with Gasteiger partial charge in [-0.3, -0.25) is 4.79 Å². The van der Waals surface area contributed by atoms with Crippen molar-refractivity contribution >= 4 is 12.0 Å². The van der Waals surface area contributed by atoms with Crippen LogP contribution in [0.5, 0.6) is 0 Å². The van der Waals surface area contributed by atoms with Gasteiger partial charge in [-0.1, -0.05) is 13.8 Å². The topological polar surface area (TPSA) is 69.6 Å². The highest BCUT2D eigenvalue weighted by Crippen LogP contribution is 2.29. The van der Waals surface area contributed by atoms with E-state index in [-0.39, 0.29) is 18.1 Å². The molecule has 0 saturated heterocycles. The van der Waals surface area contributed by atoms with Crippen LogP contribution in [0, 0.1) is 5.92 Å². The number of rotatable bonds is 7. The number of nitrogens with one attached hydrogen (secondary N) is 1. The second kappa shape index (κ2) is 6.07. The molecule has 2 N–H and O–H groups in total. The van der Waals surface area contributed by atoms with Crippen LogP contribution in [0.1, 0.15) is 46.5 Å². The maximum atomic E-state index is 12.1. The van der Waals surface area contributed by atoms with Crippen LogP contribution in [-0.2, 0) is 4.79 Å². The number of aliphatic carboxylic acids is 1. The number of hydrogen-bond acceptors (Lipinski definition) is 2. The zero-order chi connectivity index (χ0) is 13.8. The molecule has 0 bridgehead atoms. The van der Waals surface area contributed by atoms with E-state index in [2.05, 4.69) is 5.32 Å². The number of urea groups is 1. The average Bonchev–Trinajstić information content (AvgIpc) is 3.11. The molecule has 0 aromatic carbocycles. The van der Waals surface area contributed by atoms with Crippen molar-refractivity contribution in [2.24, 2.45) is 5.92 Å². The SMILES string of the molecule is CCC(C)(CC)NC(=O)N(CC(=O)O)CC1CC1. The van der Waals surface area contributed by atoms with Gasteiger partial charge in [-0.05, 0) is 38.5 Å². The minimum Gasteiger partial charge on any atom is -0.480 e. The van der Waals surface area contributed by atoms with Gasteiger partial charge in [0.15, 0.2) is 0 Å². The van der Waals surface area contributed by atoms with E-state index in [0.29, 0.717) is 12.5 Å². The standard InChI is InChI=1S/C13H24N2O3/c1-4-13(3,5-2)14-12(18)15(9-11(16)17)8-10-6-7-10/h10H,4-9H2,1-3H3,(H,14,18)(H,16,17). The van der Waals surface area contributed by atoms with Gasteiger partial charge >= 0.3 is 12.0 Å². The maximum absolute atomic E-state index is 12.1. The van der Waals surface area contributed by atoms with E-state index in [0.717, 1.165) is 25.7 Å². The van der Waals surface area contributed by atoms with Crippen molar-refractivity contribution in [3.63, 3.8) is 0 Å². The monoisotopic (exact) mass is 256 g/mol. The Bertz CT molecular complexity index is 309. The average molecular weight is 256 g/mol. The lowest BCUT2D eigenvalue weighted by atomic mass is 9.96. The molecule has 18 heavy (non-hydrogen) atoms. The molecule has 1 rings (SSSR count). The van der Waals surface area contributed by atoms with Crippen LogP contribution in [0.15, 0.2) is 0 Å². The molecular weight excluding hydrogens is 232 g/mol. The smallest absolute Gasteiger partial charge is 0.323 e. The summed E-state index contributed by atoms with van der Waals surface area (Å²) in [6.07, 6.45) is 3.86. The number of carbonyl (C=O) groups excluding carboxylic acids is 1. The number of hydrogen-bond donors (Lipinski definition) is 2. The van der Waals surface area contributed by atoms with E-state index in [4.69, 9.17) is 5.11 Å². The van der Waals surface area contributed by atoms with Crippen LogP contribution in [0.2, 0.25) is 0 Å². The second-order valence-electron chi connectivity index (χ2n) is 5.42. The van der Waals surface area contributed by atoms with Gasteiger partial charge in [0.05, 0.1) is 0 Å². The normalized spacial score (nSPS) is 15.3. The molecule has 2 amide bonds. The lowest BCUT2D eigenvalue weighted by Gasteiger charge is -2.32. The minimum absolute atomic E-state index is 0.216. The number of carboxylic acid groups (broad SMARTS) is 1. The van der Waals surface area contributed by atoms with Crippen molar-refractivity contribution in [1.82, 2.24) is 10.2 Å². The quantitative estimate of drug-likeness (QED) is 0.732. The Morgan fingerprint density at radius 3 is 2.28 bits per heavy atom. The Kier molecular flexibility index (Phi) is 4.99. The summed E-state index contributed by atoms with van der Waals surface area (Å²) in [5.74, 6) is -0.467. The van der Waals surface area contributed by atoms with Gasteiger partial charge in [0.1, 0.15) is 6.54 Å². The van der Waals surface area contributed by atoms with Gasteiger partial charge in [0.25, 0.3) is 0 Å². The van der Waals surface area contributed by atoms with Crippen LogP contribution < -0.4 is 5.32 Å². The number of amides is 2. The third-order valence-corrected chi connectivity index (χ3v) is 3.76. The lowest BCUT2D eigenvalue weighted by Crippen LogP contribution is -2.52. The summed E-state index contributed by atoms with van der Waals surface area (Å²) in [5.41, 5.74) is -0.253. The number of carbonyl (C=O) groups is 2. The second-order valence-corrected chi connectivity index (χ2v) is 5.42. The first kappa shape index (κ1) is 14.8. The molecule has 1 fully saturated rings. The van der Waals surface area contributed by atoms with Gasteiger partial charge < -0.3 is 15.3 Å². The van der Waals surface area contributed by atoms with Crippen LogP contribution in [0.25, 0.3) is 0 Å². The molecule has 0 heterocycles. The first-order valence-electron chi connectivity index (χ1n) is 6.69. The summed E-state index contributed by atoms with van der Waals surface area (Å²) >= 11 is 0. The van der Waals surface area contributed by atoms with Crippen molar-refractivity contribution in [3.8, 4) is 0 Å². The van der Waals surface area contributed by atoms with Crippen LogP contribution >= 0.6 is 0 Å². The van der Waals surface area contributed by atoms with Crippen molar-refractivity contribution in [2.45, 2.75) is 52.0 Å². The highest BCUT2D eigenvalue weighted by Gasteiger charge is 2.30. The molecule has 0 atom stereocenters. The van der Waals surface area contributed by atoms with Crippen LogP contribution in [0.3, 0.4) is 0 Å². The molecule has 1 saturated carbocycles. The summed E-state index contributed by atoms with van der Waals surface area (Å²) in [6.45, 7) is 6.37. The van der Waals surface area contributed by atoms with Crippen molar-refractivity contribution in [1.29, 1.82) is 0 Å². The highest BCUT2D eigenvalue weighted by molar-refractivity contribution is 5.80. The fraction of sp³-hybridized carbons (Fsp3) is 0.846. The molecule has 0 aromatic rings. The lowest BCUT2D eigenvalue weighted by molar-refractivity contribution is -0.137. The largest absolute Gasteiger partial charge is 0.480 e. The van der Waals surface area contributed by atoms with E-state index in [1.54, 1.807) is 0 Å². The van der Waals surface area contributed by atoms with Crippen molar-refractivity contribution < 1.29 is 14.7 Å². The van der Waals surface area contributed by atoms with Gasteiger partial charge in [0.2, 0.25) is 0 Å². The Labute approximate surface area is 109 Å². The zero-order valence-electron chi connectivity index (χ0n) is 11.5.